The monoisotopic (exact) mass is 270 g/mol. The molecule has 4 nitrogen and oxygen atoms in total. The molecule has 0 aliphatic heterocycles. The molecule has 2 N–H and O–H groups in total. The van der Waals surface area contributed by atoms with Gasteiger partial charge in [0.1, 0.15) is 5.37 Å². The Hall–Kier alpha value is -0.910. The average Bonchev–Trinajstić information content (AvgIpc) is 2.28. The maximum Gasteiger partial charge on any atom is 0.227 e. The smallest absolute Gasteiger partial charge is 0.227 e. The van der Waals surface area contributed by atoms with Crippen molar-refractivity contribution in [3.05, 3.63) is 35.9 Å². The molecule has 18 heavy (non-hydrogen) atoms. The number of hydrogen-bond acceptors (Lipinski definition) is 3. The van der Waals surface area contributed by atoms with Crippen molar-refractivity contribution in [3.63, 3.8) is 0 Å². The Bertz CT molecular complexity index is 443. The summed E-state index contributed by atoms with van der Waals surface area (Å²) < 4.78 is 26.2. The number of hydrogen-bond donors (Lipinski definition) is 2. The zero-order chi connectivity index (χ0) is 13.6. The van der Waals surface area contributed by atoms with Gasteiger partial charge >= 0.3 is 0 Å². The highest BCUT2D eigenvalue weighted by Crippen LogP contribution is 2.00. The summed E-state index contributed by atoms with van der Waals surface area (Å²) in [4.78, 5) is 0. The Morgan fingerprint density at radius 3 is 2.28 bits per heavy atom. The molecule has 0 fully saturated rings. The molecule has 0 spiro atoms. The fourth-order valence-corrected chi connectivity index (χ4v) is 2.80. The quantitative estimate of drug-likeness (QED) is 0.789. The molecule has 0 radical (unpaired) electrons. The highest BCUT2D eigenvalue weighted by atomic mass is 32.2. The maximum absolute atomic E-state index is 11.8. The lowest BCUT2D eigenvalue weighted by molar-refractivity contribution is 0.536. The van der Waals surface area contributed by atoms with E-state index in [2.05, 4.69) is 10.0 Å². The molecule has 0 aromatic heterocycles. The lowest BCUT2D eigenvalue weighted by Gasteiger charge is -2.17. The fraction of sp³-hybridized carbons (Fsp3) is 0.538. The first-order valence-electron chi connectivity index (χ1n) is 6.20. The van der Waals surface area contributed by atoms with Crippen LogP contribution in [0.25, 0.3) is 0 Å². The van der Waals surface area contributed by atoms with Crippen LogP contribution in [0.4, 0.5) is 0 Å². The molecule has 0 heterocycles. The van der Waals surface area contributed by atoms with Crippen LogP contribution in [0.15, 0.2) is 30.3 Å². The van der Waals surface area contributed by atoms with Gasteiger partial charge in [-0.1, -0.05) is 30.3 Å². The van der Waals surface area contributed by atoms with E-state index in [1.807, 2.05) is 44.2 Å². The molecule has 0 bridgehead atoms. The summed E-state index contributed by atoms with van der Waals surface area (Å²) in [5, 5.41) is 2.45. The van der Waals surface area contributed by atoms with Gasteiger partial charge in [-0.3, -0.25) is 5.32 Å². The molecule has 1 aromatic carbocycles. The van der Waals surface area contributed by atoms with E-state index in [9.17, 15) is 8.42 Å². The van der Waals surface area contributed by atoms with Crippen molar-refractivity contribution in [1.29, 1.82) is 0 Å². The van der Waals surface area contributed by atoms with Crippen LogP contribution in [-0.2, 0) is 16.4 Å². The summed E-state index contributed by atoms with van der Waals surface area (Å²) in [5.41, 5.74) is 1.20. The van der Waals surface area contributed by atoms with E-state index in [0.717, 1.165) is 6.42 Å². The molecule has 0 amide bonds. The van der Waals surface area contributed by atoms with Crippen LogP contribution < -0.4 is 10.0 Å². The van der Waals surface area contributed by atoms with Crippen molar-refractivity contribution >= 4 is 10.0 Å². The van der Waals surface area contributed by atoms with E-state index in [-0.39, 0.29) is 6.04 Å². The standard InChI is InChI=1S/C13H22N2O2S/c1-11(2)15-18(16,17)12(3)14-10-9-13-7-5-4-6-8-13/h4-8,11-12,14-15H,9-10H2,1-3H3. The van der Waals surface area contributed by atoms with Gasteiger partial charge in [-0.25, -0.2) is 13.1 Å². The Balaban J connectivity index is 2.40. The SMILES string of the molecule is CC(C)NS(=O)(=O)C(C)NCCc1ccccc1. The van der Waals surface area contributed by atoms with Crippen molar-refractivity contribution in [1.82, 2.24) is 10.0 Å². The van der Waals surface area contributed by atoms with Gasteiger partial charge in [0.25, 0.3) is 0 Å². The first-order chi connectivity index (χ1) is 8.42. The third-order valence-corrected chi connectivity index (χ3v) is 4.45. The van der Waals surface area contributed by atoms with Gasteiger partial charge in [0, 0.05) is 12.6 Å². The third-order valence-electron chi connectivity index (χ3n) is 2.55. The van der Waals surface area contributed by atoms with Gasteiger partial charge in [-0.05, 0) is 32.8 Å². The van der Waals surface area contributed by atoms with Crippen LogP contribution in [0.2, 0.25) is 0 Å². The molecule has 102 valence electrons. The average molecular weight is 270 g/mol. The summed E-state index contributed by atoms with van der Waals surface area (Å²) >= 11 is 0. The molecule has 1 atom stereocenters. The van der Waals surface area contributed by atoms with Crippen LogP contribution >= 0.6 is 0 Å². The van der Waals surface area contributed by atoms with Gasteiger partial charge in [-0.2, -0.15) is 0 Å². The van der Waals surface area contributed by atoms with Crippen molar-refractivity contribution in [3.8, 4) is 0 Å². The van der Waals surface area contributed by atoms with Crippen molar-refractivity contribution in [2.45, 2.75) is 38.6 Å². The summed E-state index contributed by atoms with van der Waals surface area (Å²) in [6, 6.07) is 9.93. The minimum Gasteiger partial charge on any atom is -0.300 e. The molecule has 0 saturated carbocycles. The van der Waals surface area contributed by atoms with Crippen LogP contribution in [0.5, 0.6) is 0 Å². The topological polar surface area (TPSA) is 58.2 Å². The normalized spacial score (nSPS) is 13.8. The molecule has 1 rings (SSSR count). The van der Waals surface area contributed by atoms with E-state index in [1.54, 1.807) is 6.92 Å². The Kier molecular flexibility index (Phi) is 5.78. The van der Waals surface area contributed by atoms with E-state index < -0.39 is 15.4 Å². The van der Waals surface area contributed by atoms with Gasteiger partial charge in [0.05, 0.1) is 0 Å². The predicted molar refractivity (Wildman–Crippen MR) is 74.8 cm³/mol. The molecule has 0 saturated heterocycles. The van der Waals surface area contributed by atoms with E-state index >= 15 is 0 Å². The second kappa shape index (κ2) is 6.87. The number of sulfonamides is 1. The molecule has 0 aliphatic rings. The van der Waals surface area contributed by atoms with Crippen molar-refractivity contribution < 1.29 is 8.42 Å². The summed E-state index contributed by atoms with van der Waals surface area (Å²) in [6.45, 7) is 5.93. The van der Waals surface area contributed by atoms with Gasteiger partial charge in [0.2, 0.25) is 10.0 Å². The second-order valence-corrected chi connectivity index (χ2v) is 6.68. The second-order valence-electron chi connectivity index (χ2n) is 4.65. The van der Waals surface area contributed by atoms with Gasteiger partial charge < -0.3 is 0 Å². The Morgan fingerprint density at radius 2 is 1.72 bits per heavy atom. The highest BCUT2D eigenvalue weighted by Gasteiger charge is 2.20. The van der Waals surface area contributed by atoms with Crippen LogP contribution in [-0.4, -0.2) is 26.4 Å². The Labute approximate surface area is 110 Å². The van der Waals surface area contributed by atoms with Crippen molar-refractivity contribution in [2.24, 2.45) is 0 Å². The summed E-state index contributed by atoms with van der Waals surface area (Å²) in [5.74, 6) is 0. The molecular weight excluding hydrogens is 248 g/mol. The molecular formula is C13H22N2O2S. The number of nitrogens with one attached hydrogen (secondary N) is 2. The van der Waals surface area contributed by atoms with Crippen LogP contribution in [0, 0.1) is 0 Å². The lowest BCUT2D eigenvalue weighted by atomic mass is 10.1. The van der Waals surface area contributed by atoms with Crippen LogP contribution in [0.3, 0.4) is 0 Å². The van der Waals surface area contributed by atoms with Gasteiger partial charge in [0.15, 0.2) is 0 Å². The fourth-order valence-electron chi connectivity index (χ4n) is 1.60. The highest BCUT2D eigenvalue weighted by molar-refractivity contribution is 7.90. The third kappa shape index (κ3) is 5.16. The zero-order valence-electron chi connectivity index (χ0n) is 11.2. The first kappa shape index (κ1) is 15.1. The maximum atomic E-state index is 11.8. The first-order valence-corrected chi connectivity index (χ1v) is 7.75. The predicted octanol–water partition coefficient (Wildman–Crippen LogP) is 1.49. The Morgan fingerprint density at radius 1 is 1.11 bits per heavy atom. The number of benzene rings is 1. The molecule has 0 aliphatic carbocycles. The van der Waals surface area contributed by atoms with E-state index in [0.29, 0.717) is 6.54 Å². The largest absolute Gasteiger partial charge is 0.300 e. The lowest BCUT2D eigenvalue weighted by Crippen LogP contribution is -2.44. The molecule has 1 unspecified atom stereocenters. The van der Waals surface area contributed by atoms with Crippen molar-refractivity contribution in [2.75, 3.05) is 6.54 Å². The summed E-state index contributed by atoms with van der Waals surface area (Å²) in [7, 11) is -3.28. The molecule has 1 aromatic rings. The minimum absolute atomic E-state index is 0.0756. The molecule has 5 heteroatoms. The summed E-state index contributed by atoms with van der Waals surface area (Å²) in [6.07, 6.45) is 0.822. The van der Waals surface area contributed by atoms with Gasteiger partial charge in [-0.15, -0.1) is 0 Å². The minimum atomic E-state index is -3.28. The zero-order valence-corrected chi connectivity index (χ0v) is 12.0. The van der Waals surface area contributed by atoms with Crippen LogP contribution in [0.1, 0.15) is 26.3 Å². The number of rotatable bonds is 7. The van der Waals surface area contributed by atoms with E-state index in [1.165, 1.54) is 5.56 Å². The van der Waals surface area contributed by atoms with E-state index in [4.69, 9.17) is 0 Å².